The molecule has 0 aromatic heterocycles. The summed E-state index contributed by atoms with van der Waals surface area (Å²) in [5.74, 6) is -2.66. The SMILES string of the molecule is CN(C)C(=O)C1CCC(O/N=C(\C(=O)O)C(=O)CCl)CC1. The number of oxime groups is 1. The number of rotatable bonds is 6. The molecule has 0 aliphatic heterocycles. The second-order valence-electron chi connectivity index (χ2n) is 5.11. The van der Waals surface area contributed by atoms with Gasteiger partial charge in [-0.15, -0.1) is 11.6 Å². The number of hydrogen-bond acceptors (Lipinski definition) is 5. The van der Waals surface area contributed by atoms with Gasteiger partial charge in [0.15, 0.2) is 0 Å². The fraction of sp³-hybridized carbons (Fsp3) is 0.692. The van der Waals surface area contributed by atoms with Crippen LogP contribution >= 0.6 is 11.6 Å². The highest BCUT2D eigenvalue weighted by Gasteiger charge is 2.29. The molecule has 1 saturated carbocycles. The van der Waals surface area contributed by atoms with Crippen molar-refractivity contribution in [2.45, 2.75) is 31.8 Å². The zero-order chi connectivity index (χ0) is 16.0. The van der Waals surface area contributed by atoms with Gasteiger partial charge in [-0.05, 0) is 25.7 Å². The Kier molecular flexibility index (Phi) is 6.61. The molecule has 1 rings (SSSR count). The summed E-state index contributed by atoms with van der Waals surface area (Å²) >= 11 is 5.30. The van der Waals surface area contributed by atoms with Crippen LogP contribution in [0.2, 0.25) is 0 Å². The Balaban J connectivity index is 2.54. The maximum atomic E-state index is 11.8. The minimum atomic E-state index is -1.46. The maximum absolute atomic E-state index is 11.8. The second-order valence-corrected chi connectivity index (χ2v) is 5.38. The summed E-state index contributed by atoms with van der Waals surface area (Å²) in [5, 5.41) is 12.3. The van der Waals surface area contributed by atoms with Crippen molar-refractivity contribution >= 4 is 35.0 Å². The first-order valence-electron chi connectivity index (χ1n) is 6.64. The molecule has 0 unspecified atom stereocenters. The monoisotopic (exact) mass is 318 g/mol. The van der Waals surface area contributed by atoms with Crippen LogP contribution in [0, 0.1) is 5.92 Å². The van der Waals surface area contributed by atoms with Gasteiger partial charge in [0, 0.05) is 20.0 Å². The molecular formula is C13H19ClN2O5. The summed E-state index contributed by atoms with van der Waals surface area (Å²) in [6.07, 6.45) is 2.21. The first kappa shape index (κ1) is 17.4. The number of carboxylic acid groups (broad SMARTS) is 1. The number of amides is 1. The average molecular weight is 319 g/mol. The van der Waals surface area contributed by atoms with E-state index in [-0.39, 0.29) is 17.9 Å². The van der Waals surface area contributed by atoms with E-state index in [1.165, 1.54) is 0 Å². The molecule has 1 fully saturated rings. The molecule has 118 valence electrons. The molecule has 0 bridgehead atoms. The molecule has 21 heavy (non-hydrogen) atoms. The van der Waals surface area contributed by atoms with E-state index >= 15 is 0 Å². The molecule has 1 amide bonds. The summed E-state index contributed by atoms with van der Waals surface area (Å²) < 4.78 is 0. The van der Waals surface area contributed by atoms with Crippen molar-refractivity contribution in [3.05, 3.63) is 0 Å². The lowest BCUT2D eigenvalue weighted by Crippen LogP contribution is -2.34. The number of alkyl halides is 1. The Morgan fingerprint density at radius 2 is 1.81 bits per heavy atom. The number of nitrogens with zero attached hydrogens (tertiary/aromatic N) is 2. The number of hydrogen-bond donors (Lipinski definition) is 1. The fourth-order valence-corrected chi connectivity index (χ4v) is 2.31. The van der Waals surface area contributed by atoms with Crippen LogP contribution in [0.4, 0.5) is 0 Å². The van der Waals surface area contributed by atoms with Crippen molar-refractivity contribution in [1.29, 1.82) is 0 Å². The quantitative estimate of drug-likeness (QED) is 0.340. The van der Waals surface area contributed by atoms with Crippen LogP contribution in [0.3, 0.4) is 0 Å². The largest absolute Gasteiger partial charge is 0.476 e. The van der Waals surface area contributed by atoms with Crippen molar-refractivity contribution < 1.29 is 24.3 Å². The van der Waals surface area contributed by atoms with E-state index in [0.717, 1.165) is 0 Å². The Morgan fingerprint density at radius 3 is 2.24 bits per heavy atom. The predicted octanol–water partition coefficient (Wildman–Crippen LogP) is 0.898. The molecule has 0 radical (unpaired) electrons. The third-order valence-corrected chi connectivity index (χ3v) is 3.59. The van der Waals surface area contributed by atoms with E-state index in [2.05, 4.69) is 5.16 Å². The van der Waals surface area contributed by atoms with E-state index in [0.29, 0.717) is 25.7 Å². The Hall–Kier alpha value is -1.63. The number of carboxylic acids is 1. The molecule has 0 atom stereocenters. The van der Waals surface area contributed by atoms with Crippen molar-refractivity contribution in [3.63, 3.8) is 0 Å². The smallest absolute Gasteiger partial charge is 0.361 e. The lowest BCUT2D eigenvalue weighted by molar-refractivity contribution is -0.135. The van der Waals surface area contributed by atoms with Gasteiger partial charge in [-0.2, -0.15) is 0 Å². The van der Waals surface area contributed by atoms with Crippen LogP contribution in [-0.4, -0.2) is 59.5 Å². The zero-order valence-electron chi connectivity index (χ0n) is 12.0. The molecule has 0 heterocycles. The highest BCUT2D eigenvalue weighted by atomic mass is 35.5. The molecular weight excluding hydrogens is 300 g/mol. The van der Waals surface area contributed by atoms with Gasteiger partial charge in [-0.25, -0.2) is 4.79 Å². The first-order valence-corrected chi connectivity index (χ1v) is 7.17. The summed E-state index contributed by atoms with van der Waals surface area (Å²) in [6.45, 7) is 0. The number of halogens is 1. The third kappa shape index (κ3) is 5.00. The van der Waals surface area contributed by atoms with Gasteiger partial charge < -0.3 is 14.8 Å². The van der Waals surface area contributed by atoms with Gasteiger partial charge in [0.1, 0.15) is 6.10 Å². The van der Waals surface area contributed by atoms with E-state index in [4.69, 9.17) is 21.5 Å². The molecule has 0 aromatic carbocycles. The number of aliphatic carboxylic acids is 1. The van der Waals surface area contributed by atoms with Gasteiger partial charge in [0.05, 0.1) is 5.88 Å². The predicted molar refractivity (Wildman–Crippen MR) is 76.3 cm³/mol. The van der Waals surface area contributed by atoms with E-state index in [1.54, 1.807) is 19.0 Å². The van der Waals surface area contributed by atoms with Gasteiger partial charge in [0.2, 0.25) is 17.4 Å². The van der Waals surface area contributed by atoms with Crippen LogP contribution < -0.4 is 0 Å². The van der Waals surface area contributed by atoms with Crippen molar-refractivity contribution in [3.8, 4) is 0 Å². The number of Topliss-reactive ketones (excluding diaryl/α,β-unsaturated/α-hetero) is 1. The number of carbonyl (C=O) groups is 3. The minimum Gasteiger partial charge on any atom is -0.476 e. The molecule has 0 saturated heterocycles. The normalized spacial score (nSPS) is 22.5. The highest BCUT2D eigenvalue weighted by Crippen LogP contribution is 2.27. The molecule has 1 aliphatic rings. The van der Waals surface area contributed by atoms with Crippen molar-refractivity contribution in [2.75, 3.05) is 20.0 Å². The Labute approximate surface area is 127 Å². The second kappa shape index (κ2) is 7.97. The molecule has 0 aromatic rings. The fourth-order valence-electron chi connectivity index (χ4n) is 2.18. The third-order valence-electron chi connectivity index (χ3n) is 3.35. The topological polar surface area (TPSA) is 96.3 Å². The molecule has 8 heteroatoms. The van der Waals surface area contributed by atoms with Crippen LogP contribution in [-0.2, 0) is 19.2 Å². The lowest BCUT2D eigenvalue weighted by Gasteiger charge is -2.28. The minimum absolute atomic E-state index is 0.0350. The zero-order valence-corrected chi connectivity index (χ0v) is 12.8. The highest BCUT2D eigenvalue weighted by molar-refractivity contribution is 6.67. The Morgan fingerprint density at radius 1 is 1.24 bits per heavy atom. The Bertz CT molecular complexity index is 442. The summed E-state index contributed by atoms with van der Waals surface area (Å²) in [4.78, 5) is 40.6. The molecule has 7 nitrogen and oxygen atoms in total. The average Bonchev–Trinajstić information content (AvgIpc) is 2.46. The lowest BCUT2D eigenvalue weighted by atomic mass is 9.86. The van der Waals surface area contributed by atoms with E-state index in [9.17, 15) is 14.4 Å². The molecule has 1 N–H and O–H groups in total. The first-order chi connectivity index (χ1) is 9.86. The summed E-state index contributed by atoms with van der Waals surface area (Å²) in [5.41, 5.74) is -0.698. The van der Waals surface area contributed by atoms with Crippen molar-refractivity contribution in [1.82, 2.24) is 4.90 Å². The standard InChI is InChI=1S/C13H19ClN2O5/c1-16(2)12(18)8-3-5-9(6-4-8)21-15-11(13(19)20)10(17)7-14/h8-9H,3-7H2,1-2H3,(H,19,20)/b15-11-. The maximum Gasteiger partial charge on any atom is 0.361 e. The van der Waals surface area contributed by atoms with E-state index in [1.807, 2.05) is 0 Å². The number of carbonyl (C=O) groups excluding carboxylic acids is 2. The summed E-state index contributed by atoms with van der Waals surface area (Å²) in [7, 11) is 3.43. The van der Waals surface area contributed by atoms with Gasteiger partial charge >= 0.3 is 5.97 Å². The van der Waals surface area contributed by atoms with Crippen LogP contribution in [0.1, 0.15) is 25.7 Å². The molecule has 0 spiro atoms. The molecule has 1 aliphatic carbocycles. The number of ketones is 1. The van der Waals surface area contributed by atoms with Crippen LogP contribution in [0.15, 0.2) is 5.16 Å². The van der Waals surface area contributed by atoms with Gasteiger partial charge in [-0.1, -0.05) is 5.16 Å². The van der Waals surface area contributed by atoms with Crippen LogP contribution in [0.5, 0.6) is 0 Å². The van der Waals surface area contributed by atoms with Crippen molar-refractivity contribution in [2.24, 2.45) is 11.1 Å². The summed E-state index contributed by atoms with van der Waals surface area (Å²) in [6, 6.07) is 0. The van der Waals surface area contributed by atoms with Gasteiger partial charge in [-0.3, -0.25) is 9.59 Å². The van der Waals surface area contributed by atoms with Crippen LogP contribution in [0.25, 0.3) is 0 Å². The van der Waals surface area contributed by atoms with Gasteiger partial charge in [0.25, 0.3) is 0 Å². The van der Waals surface area contributed by atoms with E-state index < -0.39 is 23.3 Å².